The van der Waals surface area contributed by atoms with Crippen LogP contribution in [0, 0.1) is 6.92 Å². The van der Waals surface area contributed by atoms with E-state index in [2.05, 4.69) is 5.32 Å². The molecule has 0 fully saturated rings. The van der Waals surface area contributed by atoms with E-state index in [9.17, 15) is 10.2 Å². The van der Waals surface area contributed by atoms with Gasteiger partial charge in [-0.25, -0.2) is 0 Å². The van der Waals surface area contributed by atoms with E-state index in [1.807, 2.05) is 32.9 Å². The summed E-state index contributed by atoms with van der Waals surface area (Å²) in [6.07, 6.45) is 0. The molecule has 0 aromatic heterocycles. The van der Waals surface area contributed by atoms with E-state index in [1.54, 1.807) is 6.07 Å². The summed E-state index contributed by atoms with van der Waals surface area (Å²) in [6, 6.07) is 5.48. The molecule has 0 saturated heterocycles. The zero-order chi connectivity index (χ0) is 12.2. The second kappa shape index (κ2) is 5.32. The van der Waals surface area contributed by atoms with E-state index in [4.69, 9.17) is 0 Å². The van der Waals surface area contributed by atoms with Gasteiger partial charge < -0.3 is 15.5 Å². The van der Waals surface area contributed by atoms with Gasteiger partial charge in [0.2, 0.25) is 0 Å². The molecule has 0 aliphatic carbocycles. The Kier molecular flexibility index (Phi) is 4.33. The number of aliphatic hydroxyl groups excluding tert-OH is 1. The van der Waals surface area contributed by atoms with Crippen LogP contribution in [0.25, 0.3) is 0 Å². The van der Waals surface area contributed by atoms with Crippen LogP contribution in [-0.2, 0) is 5.41 Å². The van der Waals surface area contributed by atoms with Crippen molar-refractivity contribution in [1.82, 2.24) is 5.32 Å². The lowest BCUT2D eigenvalue weighted by molar-refractivity contribution is 0.199. The van der Waals surface area contributed by atoms with Crippen LogP contribution in [-0.4, -0.2) is 29.9 Å². The zero-order valence-electron chi connectivity index (χ0n) is 10.2. The monoisotopic (exact) mass is 223 g/mol. The van der Waals surface area contributed by atoms with Crippen LogP contribution in [0.5, 0.6) is 5.75 Å². The van der Waals surface area contributed by atoms with E-state index >= 15 is 0 Å². The number of benzene rings is 1. The minimum Gasteiger partial charge on any atom is -0.508 e. The maximum atomic E-state index is 9.86. The van der Waals surface area contributed by atoms with Crippen LogP contribution < -0.4 is 5.32 Å². The van der Waals surface area contributed by atoms with Crippen LogP contribution in [0.3, 0.4) is 0 Å². The van der Waals surface area contributed by atoms with Crippen molar-refractivity contribution in [2.75, 3.05) is 19.7 Å². The number of likely N-dealkylation sites (N-methyl/N-ethyl adjacent to an activating group) is 1. The van der Waals surface area contributed by atoms with Crippen molar-refractivity contribution in [2.45, 2.75) is 26.2 Å². The van der Waals surface area contributed by atoms with Gasteiger partial charge in [-0.2, -0.15) is 0 Å². The standard InChI is InChI=1S/C13H21NO2/c1-4-14-8-13(3,9-15)11-7-10(2)5-6-12(11)16/h5-7,14-16H,4,8-9H2,1-3H3. The highest BCUT2D eigenvalue weighted by atomic mass is 16.3. The first kappa shape index (κ1) is 13.0. The zero-order valence-corrected chi connectivity index (χ0v) is 10.2. The van der Waals surface area contributed by atoms with Gasteiger partial charge in [0.25, 0.3) is 0 Å². The van der Waals surface area contributed by atoms with Crippen molar-refractivity contribution < 1.29 is 10.2 Å². The van der Waals surface area contributed by atoms with Crippen LogP contribution >= 0.6 is 0 Å². The fourth-order valence-corrected chi connectivity index (χ4v) is 1.77. The number of aliphatic hydroxyl groups is 1. The summed E-state index contributed by atoms with van der Waals surface area (Å²) in [6.45, 7) is 7.46. The third-order valence-corrected chi connectivity index (χ3v) is 2.92. The van der Waals surface area contributed by atoms with Gasteiger partial charge in [0, 0.05) is 17.5 Å². The fraction of sp³-hybridized carbons (Fsp3) is 0.538. The maximum absolute atomic E-state index is 9.86. The number of hydrogen-bond donors (Lipinski definition) is 3. The molecule has 0 heterocycles. The number of phenolic OH excluding ortho intramolecular Hbond substituents is 1. The van der Waals surface area contributed by atoms with Crippen LogP contribution in [0.2, 0.25) is 0 Å². The number of aromatic hydroxyl groups is 1. The molecule has 0 bridgehead atoms. The van der Waals surface area contributed by atoms with Crippen molar-refractivity contribution in [3.63, 3.8) is 0 Å². The molecule has 3 heteroatoms. The Morgan fingerprint density at radius 2 is 2.06 bits per heavy atom. The van der Waals surface area contributed by atoms with Crippen molar-refractivity contribution in [2.24, 2.45) is 0 Å². The van der Waals surface area contributed by atoms with Gasteiger partial charge in [-0.15, -0.1) is 0 Å². The first-order chi connectivity index (χ1) is 7.53. The number of aryl methyl sites for hydroxylation is 1. The molecule has 16 heavy (non-hydrogen) atoms. The Labute approximate surface area is 97.1 Å². The lowest BCUT2D eigenvalue weighted by Crippen LogP contribution is -2.38. The molecular weight excluding hydrogens is 202 g/mol. The van der Waals surface area contributed by atoms with Gasteiger partial charge in [-0.3, -0.25) is 0 Å². The molecular formula is C13H21NO2. The third-order valence-electron chi connectivity index (χ3n) is 2.92. The van der Waals surface area contributed by atoms with E-state index < -0.39 is 5.41 Å². The second-order valence-electron chi connectivity index (χ2n) is 4.52. The molecule has 3 nitrogen and oxygen atoms in total. The Morgan fingerprint density at radius 1 is 1.38 bits per heavy atom. The van der Waals surface area contributed by atoms with Crippen molar-refractivity contribution in [3.05, 3.63) is 29.3 Å². The lowest BCUT2D eigenvalue weighted by Gasteiger charge is -2.29. The minimum atomic E-state index is -0.438. The molecule has 0 aliphatic heterocycles. The highest BCUT2D eigenvalue weighted by Gasteiger charge is 2.28. The van der Waals surface area contributed by atoms with Crippen molar-refractivity contribution in [3.8, 4) is 5.75 Å². The molecule has 1 atom stereocenters. The van der Waals surface area contributed by atoms with Gasteiger partial charge in [-0.1, -0.05) is 31.5 Å². The maximum Gasteiger partial charge on any atom is 0.119 e. The predicted octanol–water partition coefficient (Wildman–Crippen LogP) is 1.56. The summed E-state index contributed by atoms with van der Waals surface area (Å²) in [5.41, 5.74) is 1.45. The van der Waals surface area contributed by atoms with Crippen LogP contribution in [0.1, 0.15) is 25.0 Å². The van der Waals surface area contributed by atoms with Crippen LogP contribution in [0.15, 0.2) is 18.2 Å². The molecule has 0 radical (unpaired) electrons. The Bertz CT molecular complexity index is 352. The summed E-state index contributed by atoms with van der Waals surface area (Å²) < 4.78 is 0. The average molecular weight is 223 g/mol. The highest BCUT2D eigenvalue weighted by molar-refractivity contribution is 5.41. The van der Waals surface area contributed by atoms with Gasteiger partial charge >= 0.3 is 0 Å². The number of hydrogen-bond acceptors (Lipinski definition) is 3. The summed E-state index contributed by atoms with van der Waals surface area (Å²) in [7, 11) is 0. The smallest absolute Gasteiger partial charge is 0.119 e. The molecule has 0 aliphatic rings. The van der Waals surface area contributed by atoms with E-state index in [1.165, 1.54) is 0 Å². The van der Waals surface area contributed by atoms with Crippen LogP contribution in [0.4, 0.5) is 0 Å². The van der Waals surface area contributed by atoms with Crippen molar-refractivity contribution >= 4 is 0 Å². The largest absolute Gasteiger partial charge is 0.508 e. The first-order valence-corrected chi connectivity index (χ1v) is 5.65. The van der Waals surface area contributed by atoms with E-state index in [0.29, 0.717) is 6.54 Å². The average Bonchev–Trinajstić information content (AvgIpc) is 2.29. The van der Waals surface area contributed by atoms with Gasteiger partial charge in [0.15, 0.2) is 0 Å². The molecule has 0 saturated carbocycles. The van der Waals surface area contributed by atoms with E-state index in [-0.39, 0.29) is 12.4 Å². The molecule has 1 aromatic rings. The highest BCUT2D eigenvalue weighted by Crippen LogP contribution is 2.31. The van der Waals surface area contributed by atoms with Gasteiger partial charge in [0.05, 0.1) is 6.61 Å². The summed E-state index contributed by atoms with van der Waals surface area (Å²) in [4.78, 5) is 0. The molecule has 1 rings (SSSR count). The Hall–Kier alpha value is -1.06. The first-order valence-electron chi connectivity index (χ1n) is 5.65. The molecule has 0 amide bonds. The molecule has 3 N–H and O–H groups in total. The second-order valence-corrected chi connectivity index (χ2v) is 4.52. The summed E-state index contributed by atoms with van der Waals surface area (Å²) in [5.74, 6) is 0.250. The lowest BCUT2D eigenvalue weighted by atomic mass is 9.82. The van der Waals surface area contributed by atoms with Crippen molar-refractivity contribution in [1.29, 1.82) is 0 Å². The SMILES string of the molecule is CCNCC(C)(CO)c1cc(C)ccc1O. The number of rotatable bonds is 5. The van der Waals surface area contributed by atoms with Gasteiger partial charge in [-0.05, 0) is 19.5 Å². The fourth-order valence-electron chi connectivity index (χ4n) is 1.77. The normalized spacial score (nSPS) is 14.8. The summed E-state index contributed by atoms with van der Waals surface area (Å²) >= 11 is 0. The van der Waals surface area contributed by atoms with E-state index in [0.717, 1.165) is 17.7 Å². The molecule has 1 aromatic carbocycles. The predicted molar refractivity (Wildman–Crippen MR) is 65.8 cm³/mol. The Balaban J connectivity index is 3.06. The molecule has 90 valence electrons. The molecule has 0 spiro atoms. The Morgan fingerprint density at radius 3 is 2.62 bits per heavy atom. The molecule has 1 unspecified atom stereocenters. The topological polar surface area (TPSA) is 52.5 Å². The quantitative estimate of drug-likeness (QED) is 0.710. The van der Waals surface area contributed by atoms with Gasteiger partial charge in [0.1, 0.15) is 5.75 Å². The summed E-state index contributed by atoms with van der Waals surface area (Å²) in [5, 5.41) is 22.6. The number of nitrogens with one attached hydrogen (secondary N) is 1. The number of phenols is 1. The minimum absolute atomic E-state index is 0.0109. The third kappa shape index (κ3) is 2.74.